The molecule has 1 N–H and O–H groups in total. The minimum atomic E-state index is -2.49. The van der Waals surface area contributed by atoms with Crippen LogP contribution in [0.3, 0.4) is 0 Å². The Bertz CT molecular complexity index is 732. The Labute approximate surface area is 141 Å². The van der Waals surface area contributed by atoms with Crippen molar-refractivity contribution in [1.29, 1.82) is 0 Å². The number of hydrogen-bond acceptors (Lipinski definition) is 1. The van der Waals surface area contributed by atoms with Gasteiger partial charge in [0.25, 0.3) is 0 Å². The van der Waals surface area contributed by atoms with Crippen LogP contribution < -0.4 is 0 Å². The molecule has 0 aromatic heterocycles. The Morgan fingerprint density at radius 3 is 2.68 bits per heavy atom. The zero-order chi connectivity index (χ0) is 21.0. The molecule has 0 atom stereocenters. The van der Waals surface area contributed by atoms with Crippen molar-refractivity contribution in [2.45, 2.75) is 53.8 Å². The van der Waals surface area contributed by atoms with Crippen LogP contribution in [0.15, 0.2) is 58.7 Å². The molecule has 2 heteroatoms. The second-order valence-electron chi connectivity index (χ2n) is 6.18. The molecule has 2 nitrogen and oxygen atoms in total. The zero-order valence-electron chi connectivity index (χ0n) is 18.7. The summed E-state index contributed by atoms with van der Waals surface area (Å²) in [6, 6.07) is 0. The molecule has 0 amide bonds. The van der Waals surface area contributed by atoms with Gasteiger partial charge in [0, 0.05) is 12.9 Å². The molecule has 0 saturated carbocycles. The van der Waals surface area contributed by atoms with Crippen LogP contribution in [0.2, 0.25) is 0 Å². The first-order chi connectivity index (χ1) is 12.2. The zero-order valence-corrected chi connectivity index (χ0v) is 13.7. The van der Waals surface area contributed by atoms with Crippen molar-refractivity contribution in [3.05, 3.63) is 58.7 Å². The number of allylic oxidation sites excluding steroid dienone is 9. The summed E-state index contributed by atoms with van der Waals surface area (Å²) in [6.07, 6.45) is 8.67. The van der Waals surface area contributed by atoms with E-state index in [-0.39, 0.29) is 12.0 Å². The summed E-state index contributed by atoms with van der Waals surface area (Å²) in [6.45, 7) is 4.91. The average Bonchev–Trinajstić information content (AvgIpc) is 2.46. The van der Waals surface area contributed by atoms with Crippen LogP contribution in [0, 0.1) is 5.41 Å². The molecule has 0 unspecified atom stereocenters. The highest BCUT2D eigenvalue weighted by molar-refractivity contribution is 5.81. The molecule has 0 saturated heterocycles. The van der Waals surface area contributed by atoms with Crippen LogP contribution in [0.4, 0.5) is 0 Å². The Morgan fingerprint density at radius 1 is 1.32 bits per heavy atom. The molecule has 120 valence electrons. The smallest absolute Gasteiger partial charge is 0.328 e. The van der Waals surface area contributed by atoms with E-state index in [1.807, 2.05) is 20.8 Å². The SMILES string of the molecule is [2H]C([2H])([2H])C1=C(/C=C/C(C)=C\C=C\C(C)=C\C(=O)O)C(C)(C)CCC1([2H])[2H]. The molecule has 0 aromatic carbocycles. The maximum Gasteiger partial charge on any atom is 0.328 e. The van der Waals surface area contributed by atoms with Crippen molar-refractivity contribution in [3.63, 3.8) is 0 Å². The van der Waals surface area contributed by atoms with Gasteiger partial charge in [-0.15, -0.1) is 0 Å². The maximum absolute atomic E-state index is 10.6. The van der Waals surface area contributed by atoms with Gasteiger partial charge < -0.3 is 5.11 Å². The lowest BCUT2D eigenvalue weighted by Gasteiger charge is -2.32. The summed E-state index contributed by atoms with van der Waals surface area (Å²) in [4.78, 5) is 10.6. The third-order valence-corrected chi connectivity index (χ3v) is 3.63. The standard InChI is InChI=1S/C20H28O2/c1-15(8-6-9-16(2)14-19(21)22)11-12-18-17(3)10-7-13-20(18,4)5/h6,8-9,11-12,14H,7,10,13H2,1-5H3,(H,21,22)/b9-6+,12-11+,15-8-,16-14+/i3D3,10D2. The summed E-state index contributed by atoms with van der Waals surface area (Å²) in [5, 5.41) is 8.68. The minimum absolute atomic E-state index is 0.105. The third kappa shape index (κ3) is 5.88. The summed E-state index contributed by atoms with van der Waals surface area (Å²) in [7, 11) is 0. The van der Waals surface area contributed by atoms with Crippen LogP contribution in [0.1, 0.15) is 60.6 Å². The first-order valence-electron chi connectivity index (χ1n) is 9.87. The van der Waals surface area contributed by atoms with Crippen molar-refractivity contribution in [1.82, 2.24) is 0 Å². The van der Waals surface area contributed by atoms with E-state index in [2.05, 4.69) is 0 Å². The Kier molecular flexibility index (Phi) is 4.24. The molecule has 0 fully saturated rings. The highest BCUT2D eigenvalue weighted by Crippen LogP contribution is 2.40. The van der Waals surface area contributed by atoms with E-state index < -0.39 is 24.6 Å². The monoisotopic (exact) mass is 305 g/mol. The van der Waals surface area contributed by atoms with Gasteiger partial charge in [-0.2, -0.15) is 0 Å². The lowest BCUT2D eigenvalue weighted by Crippen LogP contribution is -2.19. The number of hydrogen-bond donors (Lipinski definition) is 1. The fourth-order valence-corrected chi connectivity index (χ4v) is 2.24. The van der Waals surface area contributed by atoms with Gasteiger partial charge in [0.2, 0.25) is 0 Å². The van der Waals surface area contributed by atoms with E-state index in [0.717, 1.165) is 11.6 Å². The fraction of sp³-hybridized carbons (Fsp3) is 0.450. The van der Waals surface area contributed by atoms with Crippen LogP contribution in [-0.4, -0.2) is 11.1 Å². The van der Waals surface area contributed by atoms with Crippen LogP contribution in [0.25, 0.3) is 0 Å². The molecule has 0 spiro atoms. The molecule has 0 aromatic rings. The van der Waals surface area contributed by atoms with E-state index >= 15 is 0 Å². The predicted molar refractivity (Wildman–Crippen MR) is 93.8 cm³/mol. The summed E-state index contributed by atoms with van der Waals surface area (Å²) < 4.78 is 39.8. The minimum Gasteiger partial charge on any atom is -0.478 e. The summed E-state index contributed by atoms with van der Waals surface area (Å²) in [5.74, 6) is -1.00. The lowest BCUT2D eigenvalue weighted by atomic mass is 9.72. The van der Waals surface area contributed by atoms with E-state index in [1.165, 1.54) is 0 Å². The molecule has 1 rings (SSSR count). The Morgan fingerprint density at radius 2 is 2.05 bits per heavy atom. The molecule has 0 heterocycles. The summed E-state index contributed by atoms with van der Waals surface area (Å²) >= 11 is 0. The second kappa shape index (κ2) is 7.98. The Balaban J connectivity index is 3.24. The van der Waals surface area contributed by atoms with Gasteiger partial charge in [-0.3, -0.25) is 0 Å². The molecule has 22 heavy (non-hydrogen) atoms. The molecular weight excluding hydrogens is 272 g/mol. The highest BCUT2D eigenvalue weighted by Gasteiger charge is 2.26. The number of carbonyl (C=O) groups is 1. The number of aliphatic carboxylic acids is 1. The number of carboxylic acids is 1. The van der Waals surface area contributed by atoms with E-state index in [0.29, 0.717) is 17.6 Å². The van der Waals surface area contributed by atoms with Gasteiger partial charge in [-0.05, 0) is 56.5 Å². The number of carboxylic acid groups (broad SMARTS) is 1. The average molecular weight is 305 g/mol. The van der Waals surface area contributed by atoms with Gasteiger partial charge in [0.05, 0.1) is 0 Å². The highest BCUT2D eigenvalue weighted by atomic mass is 16.4. The van der Waals surface area contributed by atoms with Gasteiger partial charge in [0.15, 0.2) is 0 Å². The molecular formula is C20H28O2. The van der Waals surface area contributed by atoms with E-state index in [4.69, 9.17) is 12.0 Å². The van der Waals surface area contributed by atoms with E-state index in [9.17, 15) is 4.79 Å². The molecule has 1 aliphatic rings. The molecule has 1 aliphatic carbocycles. The largest absolute Gasteiger partial charge is 0.478 e. The molecule has 0 aliphatic heterocycles. The lowest BCUT2D eigenvalue weighted by molar-refractivity contribution is -0.131. The van der Waals surface area contributed by atoms with Crippen LogP contribution in [-0.2, 0) is 4.79 Å². The normalized spacial score (nSPS) is 26.5. The third-order valence-electron chi connectivity index (χ3n) is 3.63. The van der Waals surface area contributed by atoms with E-state index in [1.54, 1.807) is 37.3 Å². The fourth-order valence-electron chi connectivity index (χ4n) is 2.24. The maximum atomic E-state index is 10.6. The van der Waals surface area contributed by atoms with Crippen LogP contribution in [0.5, 0.6) is 0 Å². The van der Waals surface area contributed by atoms with Crippen molar-refractivity contribution in [3.8, 4) is 0 Å². The molecule has 0 radical (unpaired) electrons. The van der Waals surface area contributed by atoms with Gasteiger partial charge in [-0.1, -0.05) is 55.4 Å². The van der Waals surface area contributed by atoms with Crippen molar-refractivity contribution >= 4 is 5.97 Å². The van der Waals surface area contributed by atoms with Gasteiger partial charge >= 0.3 is 5.97 Å². The van der Waals surface area contributed by atoms with Crippen molar-refractivity contribution in [2.75, 3.05) is 0 Å². The summed E-state index contributed by atoms with van der Waals surface area (Å²) in [5.41, 5.74) is 1.43. The predicted octanol–water partition coefficient (Wildman–Crippen LogP) is 5.60. The quantitative estimate of drug-likeness (QED) is 0.530. The Hall–Kier alpha value is -1.83. The van der Waals surface area contributed by atoms with Gasteiger partial charge in [-0.25, -0.2) is 4.79 Å². The molecule has 0 bridgehead atoms. The first-order valence-corrected chi connectivity index (χ1v) is 7.37. The second-order valence-corrected chi connectivity index (χ2v) is 6.18. The van der Waals surface area contributed by atoms with Crippen molar-refractivity contribution < 1.29 is 16.8 Å². The van der Waals surface area contributed by atoms with Crippen LogP contribution >= 0.6 is 0 Å². The van der Waals surface area contributed by atoms with Gasteiger partial charge in [0.1, 0.15) is 0 Å². The first kappa shape index (κ1) is 11.7. The number of rotatable bonds is 5. The van der Waals surface area contributed by atoms with Crippen molar-refractivity contribution in [2.24, 2.45) is 5.41 Å². The topological polar surface area (TPSA) is 37.3 Å².